The molecule has 1 aromatic rings. The lowest BCUT2D eigenvalue weighted by Gasteiger charge is -2.03. The molecule has 0 heterocycles. The fourth-order valence-electron chi connectivity index (χ4n) is 1.26. The molecule has 0 spiro atoms. The lowest BCUT2D eigenvalue weighted by atomic mass is 10.2. The summed E-state index contributed by atoms with van der Waals surface area (Å²) in [6, 6.07) is 5.11. The fourth-order valence-corrected chi connectivity index (χ4v) is 1.26. The molecule has 0 unspecified atom stereocenters. The second-order valence-electron chi connectivity index (χ2n) is 3.68. The predicted molar refractivity (Wildman–Crippen MR) is 65.8 cm³/mol. The van der Waals surface area contributed by atoms with Crippen molar-refractivity contribution < 1.29 is 29.0 Å². The molecule has 0 aliphatic carbocycles. The quantitative estimate of drug-likeness (QED) is 0.528. The first-order valence-corrected chi connectivity index (χ1v) is 5.48. The van der Waals surface area contributed by atoms with Crippen LogP contribution >= 0.6 is 0 Å². The van der Waals surface area contributed by atoms with Crippen molar-refractivity contribution in [3.8, 4) is 0 Å². The first kappa shape index (κ1) is 15.3. The number of halogens is 1. The third kappa shape index (κ3) is 4.48. The topological polar surface area (TPSA) is 116 Å². The lowest BCUT2D eigenvalue weighted by Crippen LogP contribution is -2.24. The highest BCUT2D eigenvalue weighted by molar-refractivity contribution is 6.35. The number of hydrazone groups is 1. The van der Waals surface area contributed by atoms with Gasteiger partial charge < -0.3 is 10.2 Å². The predicted octanol–water partition coefficient (Wildman–Crippen LogP) is 0.861. The van der Waals surface area contributed by atoms with Crippen molar-refractivity contribution in [3.05, 3.63) is 35.6 Å². The van der Waals surface area contributed by atoms with Gasteiger partial charge in [0.25, 0.3) is 5.91 Å². The highest BCUT2D eigenvalue weighted by atomic mass is 19.1. The molecule has 0 saturated heterocycles. The molecule has 0 atom stereocenters. The molecule has 0 fully saturated rings. The number of carbonyl (C=O) groups excluding carboxylic acids is 1. The van der Waals surface area contributed by atoms with Gasteiger partial charge in [-0.25, -0.2) is 14.6 Å². The maximum Gasteiger partial charge on any atom is 0.352 e. The van der Waals surface area contributed by atoms with Crippen molar-refractivity contribution in [1.29, 1.82) is 0 Å². The first-order chi connectivity index (χ1) is 9.41. The zero-order valence-electron chi connectivity index (χ0n) is 10.2. The van der Waals surface area contributed by atoms with Gasteiger partial charge in [0.05, 0.1) is 12.0 Å². The van der Waals surface area contributed by atoms with E-state index in [9.17, 15) is 18.8 Å². The summed E-state index contributed by atoms with van der Waals surface area (Å²) >= 11 is 0. The van der Waals surface area contributed by atoms with E-state index in [1.807, 2.05) is 5.43 Å². The van der Waals surface area contributed by atoms with E-state index in [-0.39, 0.29) is 12.0 Å². The van der Waals surface area contributed by atoms with Crippen LogP contribution in [0.3, 0.4) is 0 Å². The Morgan fingerprint density at radius 2 is 1.80 bits per heavy atom. The number of nitrogens with zero attached hydrogens (tertiary/aromatic N) is 1. The molecule has 3 N–H and O–H groups in total. The number of hydrogen-bond donors (Lipinski definition) is 3. The van der Waals surface area contributed by atoms with E-state index in [4.69, 9.17) is 10.2 Å². The maximum absolute atomic E-state index is 13.3. The standard InChI is InChI=1S/C12H11FN2O5/c13-8-4-2-1-3-7(8)11(18)15-14-9(12(19)20)5-6-10(16)17/h1-4H,5-6H2,(H,15,18)(H,16,17)(H,19,20)/b14-9+. The van der Waals surface area contributed by atoms with E-state index in [1.165, 1.54) is 18.2 Å². The molecular weight excluding hydrogens is 271 g/mol. The van der Waals surface area contributed by atoms with Crippen LogP contribution in [-0.4, -0.2) is 33.8 Å². The number of hydrogen-bond acceptors (Lipinski definition) is 4. The van der Waals surface area contributed by atoms with E-state index in [2.05, 4.69) is 5.10 Å². The van der Waals surface area contributed by atoms with Gasteiger partial charge in [-0.3, -0.25) is 9.59 Å². The summed E-state index contributed by atoms with van der Waals surface area (Å²) in [5.41, 5.74) is 1.06. The number of carboxylic acids is 2. The normalized spacial score (nSPS) is 10.9. The zero-order valence-corrected chi connectivity index (χ0v) is 10.2. The van der Waals surface area contributed by atoms with Gasteiger partial charge >= 0.3 is 11.9 Å². The molecular formula is C12H11FN2O5. The minimum absolute atomic E-state index is 0.292. The number of amides is 1. The summed E-state index contributed by atoms with van der Waals surface area (Å²) < 4.78 is 13.3. The smallest absolute Gasteiger partial charge is 0.352 e. The zero-order chi connectivity index (χ0) is 15.1. The van der Waals surface area contributed by atoms with Crippen molar-refractivity contribution in [2.24, 2.45) is 5.10 Å². The van der Waals surface area contributed by atoms with E-state index < -0.39 is 35.8 Å². The Balaban J connectivity index is 2.77. The molecule has 7 nitrogen and oxygen atoms in total. The second-order valence-corrected chi connectivity index (χ2v) is 3.68. The molecule has 0 aliphatic heterocycles. The van der Waals surface area contributed by atoms with Gasteiger partial charge in [-0.2, -0.15) is 5.10 Å². The monoisotopic (exact) mass is 282 g/mol. The molecule has 1 amide bonds. The fraction of sp³-hybridized carbons (Fsp3) is 0.167. The van der Waals surface area contributed by atoms with E-state index in [1.54, 1.807) is 0 Å². The van der Waals surface area contributed by atoms with E-state index >= 15 is 0 Å². The van der Waals surface area contributed by atoms with Gasteiger partial charge in [0.1, 0.15) is 11.5 Å². The van der Waals surface area contributed by atoms with Gasteiger partial charge in [-0.1, -0.05) is 12.1 Å². The van der Waals surface area contributed by atoms with Gasteiger partial charge in [-0.15, -0.1) is 0 Å². The van der Waals surface area contributed by atoms with Crippen molar-refractivity contribution in [3.63, 3.8) is 0 Å². The number of nitrogens with one attached hydrogen (secondary N) is 1. The number of carbonyl (C=O) groups is 3. The van der Waals surface area contributed by atoms with Crippen LogP contribution in [0.1, 0.15) is 23.2 Å². The number of rotatable bonds is 6. The second kappa shape index (κ2) is 6.98. The number of benzene rings is 1. The SMILES string of the molecule is O=C(O)CC/C(=N\NC(=O)c1ccccc1F)C(=O)O. The summed E-state index contributed by atoms with van der Waals surface area (Å²) in [6.45, 7) is 0. The molecule has 0 saturated carbocycles. The van der Waals surface area contributed by atoms with Gasteiger partial charge in [0, 0.05) is 6.42 Å². The van der Waals surface area contributed by atoms with Gasteiger partial charge in [-0.05, 0) is 12.1 Å². The van der Waals surface area contributed by atoms with Crippen molar-refractivity contribution >= 4 is 23.6 Å². The van der Waals surface area contributed by atoms with Crippen LogP contribution in [0.25, 0.3) is 0 Å². The Kier molecular flexibility index (Phi) is 5.33. The minimum atomic E-state index is -1.46. The first-order valence-electron chi connectivity index (χ1n) is 5.48. The van der Waals surface area contributed by atoms with Crippen LogP contribution in [0, 0.1) is 5.82 Å². The summed E-state index contributed by atoms with van der Waals surface area (Å²) in [5.74, 6) is -4.35. The van der Waals surface area contributed by atoms with Crippen LogP contribution in [0.15, 0.2) is 29.4 Å². The van der Waals surface area contributed by atoms with Crippen LogP contribution < -0.4 is 5.43 Å². The largest absolute Gasteiger partial charge is 0.481 e. The minimum Gasteiger partial charge on any atom is -0.481 e. The van der Waals surface area contributed by atoms with Crippen molar-refractivity contribution in [2.75, 3.05) is 0 Å². The molecule has 106 valence electrons. The van der Waals surface area contributed by atoms with E-state index in [0.717, 1.165) is 6.07 Å². The average Bonchev–Trinajstić information content (AvgIpc) is 2.38. The lowest BCUT2D eigenvalue weighted by molar-refractivity contribution is -0.136. The van der Waals surface area contributed by atoms with Gasteiger partial charge in [0.15, 0.2) is 0 Å². The average molecular weight is 282 g/mol. The summed E-state index contributed by atoms with van der Waals surface area (Å²) in [7, 11) is 0. The molecule has 0 aromatic heterocycles. The Hall–Kier alpha value is -2.77. The molecule has 0 bridgehead atoms. The number of aliphatic carboxylic acids is 2. The Morgan fingerprint density at radius 1 is 1.15 bits per heavy atom. The van der Waals surface area contributed by atoms with E-state index in [0.29, 0.717) is 0 Å². The number of carboxylic acid groups (broad SMARTS) is 2. The van der Waals surface area contributed by atoms with Crippen molar-refractivity contribution in [1.82, 2.24) is 5.43 Å². The maximum atomic E-state index is 13.3. The Morgan fingerprint density at radius 3 is 2.35 bits per heavy atom. The Bertz CT molecular complexity index is 571. The van der Waals surface area contributed by atoms with Crippen LogP contribution in [0.5, 0.6) is 0 Å². The highest BCUT2D eigenvalue weighted by Gasteiger charge is 2.14. The molecule has 20 heavy (non-hydrogen) atoms. The van der Waals surface area contributed by atoms with Crippen molar-refractivity contribution in [2.45, 2.75) is 12.8 Å². The van der Waals surface area contributed by atoms with Gasteiger partial charge in [0.2, 0.25) is 0 Å². The molecule has 0 radical (unpaired) electrons. The molecule has 8 heteroatoms. The highest BCUT2D eigenvalue weighted by Crippen LogP contribution is 2.05. The summed E-state index contributed by atoms with van der Waals surface area (Å²) in [5, 5.41) is 20.5. The van der Waals surface area contributed by atoms with Crippen LogP contribution in [0.2, 0.25) is 0 Å². The third-order valence-electron chi connectivity index (χ3n) is 2.23. The summed E-state index contributed by atoms with van der Waals surface area (Å²) in [4.78, 5) is 32.7. The Labute approximate surface area is 112 Å². The summed E-state index contributed by atoms with van der Waals surface area (Å²) in [6.07, 6.45) is -0.803. The van der Waals surface area contributed by atoms with Crippen LogP contribution in [-0.2, 0) is 9.59 Å². The molecule has 1 aromatic carbocycles. The van der Waals surface area contributed by atoms with Crippen LogP contribution in [0.4, 0.5) is 4.39 Å². The molecule has 1 rings (SSSR count). The molecule has 0 aliphatic rings. The third-order valence-corrected chi connectivity index (χ3v) is 2.23.